The Morgan fingerprint density at radius 1 is 1.04 bits per heavy atom. The molecule has 0 saturated carbocycles. The average Bonchev–Trinajstić information content (AvgIpc) is 2.65. The largest absolute Gasteiger partial charge is 0.481 e. The van der Waals surface area contributed by atoms with Crippen molar-refractivity contribution in [3.05, 3.63) is 59.7 Å². The van der Waals surface area contributed by atoms with E-state index in [1.54, 1.807) is 25.1 Å². The SMILES string of the molecule is Cc1cc(OC(C)C(=O)NCCNS(=O)(=O)c2ccccc2)ccc1C(C)C. The van der Waals surface area contributed by atoms with Crippen molar-refractivity contribution < 1.29 is 17.9 Å². The van der Waals surface area contributed by atoms with Gasteiger partial charge in [0, 0.05) is 13.1 Å². The van der Waals surface area contributed by atoms with Crippen LogP contribution < -0.4 is 14.8 Å². The zero-order valence-electron chi connectivity index (χ0n) is 16.7. The molecule has 2 N–H and O–H groups in total. The highest BCUT2D eigenvalue weighted by molar-refractivity contribution is 7.89. The molecule has 0 aliphatic carbocycles. The van der Waals surface area contributed by atoms with Crippen LogP contribution in [-0.2, 0) is 14.8 Å². The van der Waals surface area contributed by atoms with Crippen molar-refractivity contribution in [2.45, 2.75) is 44.6 Å². The van der Waals surface area contributed by atoms with Gasteiger partial charge in [-0.1, -0.05) is 38.1 Å². The van der Waals surface area contributed by atoms with Gasteiger partial charge in [0.25, 0.3) is 5.91 Å². The van der Waals surface area contributed by atoms with E-state index in [0.717, 1.165) is 5.56 Å². The van der Waals surface area contributed by atoms with Crippen molar-refractivity contribution in [1.29, 1.82) is 0 Å². The highest BCUT2D eigenvalue weighted by Crippen LogP contribution is 2.24. The Morgan fingerprint density at radius 3 is 2.32 bits per heavy atom. The van der Waals surface area contributed by atoms with E-state index in [0.29, 0.717) is 11.7 Å². The third-order valence-corrected chi connectivity index (χ3v) is 5.79. The summed E-state index contributed by atoms with van der Waals surface area (Å²) in [6.07, 6.45) is -0.685. The van der Waals surface area contributed by atoms with E-state index in [9.17, 15) is 13.2 Å². The summed E-state index contributed by atoms with van der Waals surface area (Å²) in [7, 11) is -3.58. The second-order valence-corrected chi connectivity index (χ2v) is 8.70. The molecule has 0 radical (unpaired) electrons. The third-order valence-electron chi connectivity index (χ3n) is 4.32. The maximum atomic E-state index is 12.2. The molecule has 0 spiro atoms. The summed E-state index contributed by atoms with van der Waals surface area (Å²) in [6, 6.07) is 13.9. The van der Waals surface area contributed by atoms with Crippen LogP contribution in [0.5, 0.6) is 5.75 Å². The van der Waals surface area contributed by atoms with Gasteiger partial charge >= 0.3 is 0 Å². The van der Waals surface area contributed by atoms with E-state index < -0.39 is 16.1 Å². The van der Waals surface area contributed by atoms with Crippen molar-refractivity contribution >= 4 is 15.9 Å². The number of benzene rings is 2. The van der Waals surface area contributed by atoms with E-state index >= 15 is 0 Å². The van der Waals surface area contributed by atoms with Crippen molar-refractivity contribution in [2.75, 3.05) is 13.1 Å². The lowest BCUT2D eigenvalue weighted by molar-refractivity contribution is -0.127. The van der Waals surface area contributed by atoms with Crippen LogP contribution in [0.4, 0.5) is 0 Å². The number of amides is 1. The molecule has 7 heteroatoms. The van der Waals surface area contributed by atoms with Crippen molar-refractivity contribution in [3.8, 4) is 5.75 Å². The number of nitrogens with one attached hydrogen (secondary N) is 2. The normalized spacial score (nSPS) is 12.6. The number of hydrogen-bond donors (Lipinski definition) is 2. The predicted octanol–water partition coefficient (Wildman–Crippen LogP) is 2.98. The first kappa shape index (κ1) is 21.9. The molecule has 28 heavy (non-hydrogen) atoms. The molecule has 2 aromatic carbocycles. The molecular weight excluding hydrogens is 376 g/mol. The minimum atomic E-state index is -3.58. The van der Waals surface area contributed by atoms with Gasteiger partial charge < -0.3 is 10.1 Å². The summed E-state index contributed by atoms with van der Waals surface area (Å²) >= 11 is 0. The fourth-order valence-electron chi connectivity index (χ4n) is 2.82. The highest BCUT2D eigenvalue weighted by Gasteiger charge is 2.16. The second-order valence-electron chi connectivity index (χ2n) is 6.94. The Labute approximate surface area is 167 Å². The zero-order chi connectivity index (χ0) is 20.7. The third kappa shape index (κ3) is 6.07. The van der Waals surface area contributed by atoms with Gasteiger partial charge in [-0.3, -0.25) is 4.79 Å². The molecule has 6 nitrogen and oxygen atoms in total. The molecule has 0 saturated heterocycles. The van der Waals surface area contributed by atoms with E-state index in [1.807, 2.05) is 25.1 Å². The van der Waals surface area contributed by atoms with Crippen LogP contribution in [0.25, 0.3) is 0 Å². The standard InChI is InChI=1S/C21H28N2O4S/c1-15(2)20-11-10-18(14-16(20)3)27-17(4)21(24)22-12-13-23-28(25,26)19-8-6-5-7-9-19/h5-11,14-15,17,23H,12-13H2,1-4H3,(H,22,24). The Morgan fingerprint density at radius 2 is 1.71 bits per heavy atom. The molecule has 2 aromatic rings. The summed E-state index contributed by atoms with van der Waals surface area (Å²) in [5, 5.41) is 2.68. The van der Waals surface area contributed by atoms with Crippen molar-refractivity contribution in [1.82, 2.24) is 10.0 Å². The average molecular weight is 405 g/mol. The fraction of sp³-hybridized carbons (Fsp3) is 0.381. The first-order chi connectivity index (χ1) is 13.2. The van der Waals surface area contributed by atoms with Crippen LogP contribution in [0, 0.1) is 6.92 Å². The number of hydrogen-bond acceptors (Lipinski definition) is 4. The van der Waals surface area contributed by atoms with E-state index in [1.165, 1.54) is 17.7 Å². The lowest BCUT2D eigenvalue weighted by Crippen LogP contribution is -2.40. The number of sulfonamides is 1. The van der Waals surface area contributed by atoms with Crippen LogP contribution in [0.2, 0.25) is 0 Å². The van der Waals surface area contributed by atoms with E-state index in [-0.39, 0.29) is 23.9 Å². The van der Waals surface area contributed by atoms with Gasteiger partial charge in [0.05, 0.1) is 4.90 Å². The molecule has 0 aromatic heterocycles. The summed E-state index contributed by atoms with van der Waals surface area (Å²) in [5.41, 5.74) is 2.37. The number of carbonyl (C=O) groups excluding carboxylic acids is 1. The Bertz CT molecular complexity index is 896. The smallest absolute Gasteiger partial charge is 0.260 e. The molecule has 0 aliphatic rings. The molecule has 1 atom stereocenters. The molecule has 0 aliphatic heterocycles. The molecular formula is C21H28N2O4S. The highest BCUT2D eigenvalue weighted by atomic mass is 32.2. The fourth-order valence-corrected chi connectivity index (χ4v) is 3.88. The van der Waals surface area contributed by atoms with Crippen LogP contribution >= 0.6 is 0 Å². The van der Waals surface area contributed by atoms with Crippen LogP contribution in [0.3, 0.4) is 0 Å². The lowest BCUT2D eigenvalue weighted by Gasteiger charge is -2.17. The first-order valence-electron chi connectivity index (χ1n) is 9.30. The molecule has 0 heterocycles. The monoisotopic (exact) mass is 404 g/mol. The molecule has 0 fully saturated rings. The second kappa shape index (κ2) is 9.71. The molecule has 2 rings (SSSR count). The van der Waals surface area contributed by atoms with Gasteiger partial charge in [0.15, 0.2) is 6.10 Å². The van der Waals surface area contributed by atoms with E-state index in [4.69, 9.17) is 4.74 Å². The van der Waals surface area contributed by atoms with Gasteiger partial charge in [-0.05, 0) is 55.2 Å². The Kier molecular flexibility index (Phi) is 7.60. The van der Waals surface area contributed by atoms with Gasteiger partial charge in [0.2, 0.25) is 10.0 Å². The maximum absolute atomic E-state index is 12.2. The molecule has 0 bridgehead atoms. The lowest BCUT2D eigenvalue weighted by atomic mass is 9.98. The Balaban J connectivity index is 1.81. The van der Waals surface area contributed by atoms with Crippen molar-refractivity contribution in [3.63, 3.8) is 0 Å². The van der Waals surface area contributed by atoms with Gasteiger partial charge in [0.1, 0.15) is 5.75 Å². The minimum Gasteiger partial charge on any atom is -0.481 e. The van der Waals surface area contributed by atoms with Crippen LogP contribution in [0.15, 0.2) is 53.4 Å². The van der Waals surface area contributed by atoms with Crippen molar-refractivity contribution in [2.24, 2.45) is 0 Å². The number of aryl methyl sites for hydroxylation is 1. The van der Waals surface area contributed by atoms with Crippen LogP contribution in [0.1, 0.15) is 37.8 Å². The zero-order valence-corrected chi connectivity index (χ0v) is 17.5. The predicted molar refractivity (Wildman–Crippen MR) is 110 cm³/mol. The Hall–Kier alpha value is -2.38. The maximum Gasteiger partial charge on any atom is 0.260 e. The quantitative estimate of drug-likeness (QED) is 0.629. The molecule has 1 amide bonds. The number of ether oxygens (including phenoxy) is 1. The summed E-state index contributed by atoms with van der Waals surface area (Å²) < 4.78 is 32.4. The van der Waals surface area contributed by atoms with Gasteiger partial charge in [-0.2, -0.15) is 0 Å². The summed E-state index contributed by atoms with van der Waals surface area (Å²) in [6.45, 7) is 8.21. The number of rotatable bonds is 9. The van der Waals surface area contributed by atoms with E-state index in [2.05, 4.69) is 23.9 Å². The number of carbonyl (C=O) groups is 1. The van der Waals surface area contributed by atoms with Gasteiger partial charge in [-0.25, -0.2) is 13.1 Å². The van der Waals surface area contributed by atoms with Gasteiger partial charge in [-0.15, -0.1) is 0 Å². The topological polar surface area (TPSA) is 84.5 Å². The summed E-state index contributed by atoms with van der Waals surface area (Å²) in [5.74, 6) is 0.758. The molecule has 1 unspecified atom stereocenters. The summed E-state index contributed by atoms with van der Waals surface area (Å²) in [4.78, 5) is 12.4. The van der Waals surface area contributed by atoms with Crippen LogP contribution in [-0.4, -0.2) is 33.5 Å². The minimum absolute atomic E-state index is 0.0951. The molecule has 152 valence electrons. The first-order valence-corrected chi connectivity index (χ1v) is 10.8.